The van der Waals surface area contributed by atoms with E-state index in [1.54, 1.807) is 28.5 Å². The van der Waals surface area contributed by atoms with Gasteiger partial charge in [-0.2, -0.15) is 5.10 Å². The molecule has 5 rings (SSSR count). The molecule has 0 aliphatic carbocycles. The molecule has 4 heterocycles. The number of carbonyl (C=O) groups is 1. The maximum absolute atomic E-state index is 13.2. The molecule has 0 atom stereocenters. The Morgan fingerprint density at radius 3 is 2.78 bits per heavy atom. The highest BCUT2D eigenvalue weighted by molar-refractivity contribution is 7.09. The highest BCUT2D eigenvalue weighted by Gasteiger charge is 2.18. The number of nitrogens with zero attached hydrogens (tertiary/aromatic N) is 4. The normalized spacial score (nSPS) is 11.2. The van der Waals surface area contributed by atoms with Crippen LogP contribution in [0.1, 0.15) is 26.8 Å². The molecule has 32 heavy (non-hydrogen) atoms. The van der Waals surface area contributed by atoms with Gasteiger partial charge in [0.05, 0.1) is 39.8 Å². The van der Waals surface area contributed by atoms with Crippen LogP contribution in [-0.2, 0) is 13.0 Å². The molecule has 0 saturated heterocycles. The van der Waals surface area contributed by atoms with E-state index < -0.39 is 0 Å². The first kappa shape index (κ1) is 20.1. The zero-order valence-electron chi connectivity index (χ0n) is 17.5. The van der Waals surface area contributed by atoms with Crippen molar-refractivity contribution in [2.45, 2.75) is 19.9 Å². The molecule has 8 heteroatoms. The summed E-state index contributed by atoms with van der Waals surface area (Å²) in [6.07, 6.45) is 4.01. The second-order valence-corrected chi connectivity index (χ2v) is 8.47. The van der Waals surface area contributed by atoms with Gasteiger partial charge in [0.2, 0.25) is 0 Å². The molecule has 0 unspecified atom stereocenters. The lowest BCUT2D eigenvalue weighted by Gasteiger charge is -2.09. The molecule has 0 spiro atoms. The van der Waals surface area contributed by atoms with Crippen LogP contribution < -0.4 is 5.32 Å². The summed E-state index contributed by atoms with van der Waals surface area (Å²) in [7, 11) is 0. The summed E-state index contributed by atoms with van der Waals surface area (Å²) in [6.45, 7) is 2.92. The first-order chi connectivity index (χ1) is 15.7. The van der Waals surface area contributed by atoms with Crippen molar-refractivity contribution in [3.8, 4) is 11.3 Å². The van der Waals surface area contributed by atoms with Crippen LogP contribution >= 0.6 is 11.3 Å². The van der Waals surface area contributed by atoms with E-state index in [2.05, 4.69) is 15.4 Å². The van der Waals surface area contributed by atoms with Crippen molar-refractivity contribution in [3.63, 3.8) is 0 Å². The average Bonchev–Trinajstić information content (AvgIpc) is 3.56. The van der Waals surface area contributed by atoms with E-state index in [1.165, 1.54) is 0 Å². The van der Waals surface area contributed by atoms with Crippen LogP contribution in [0.2, 0.25) is 0 Å². The van der Waals surface area contributed by atoms with Crippen molar-refractivity contribution < 1.29 is 9.21 Å². The van der Waals surface area contributed by atoms with E-state index in [0.29, 0.717) is 36.1 Å². The van der Waals surface area contributed by atoms with E-state index >= 15 is 0 Å². The van der Waals surface area contributed by atoms with Crippen LogP contribution in [-0.4, -0.2) is 32.2 Å². The first-order valence-electron chi connectivity index (χ1n) is 10.3. The van der Waals surface area contributed by atoms with Crippen molar-refractivity contribution in [2.75, 3.05) is 6.54 Å². The van der Waals surface area contributed by atoms with Crippen molar-refractivity contribution in [1.29, 1.82) is 0 Å². The van der Waals surface area contributed by atoms with Gasteiger partial charge < -0.3 is 9.73 Å². The predicted molar refractivity (Wildman–Crippen MR) is 124 cm³/mol. The number of hydrogen-bond donors (Lipinski definition) is 1. The Hall–Kier alpha value is -3.78. The molecule has 1 N–H and O–H groups in total. The minimum Gasteiger partial charge on any atom is -0.467 e. The molecular formula is C24H21N5O2S. The molecule has 1 aromatic carbocycles. The lowest BCUT2D eigenvalue weighted by Crippen LogP contribution is -2.26. The Labute approximate surface area is 188 Å². The Morgan fingerprint density at radius 2 is 2.03 bits per heavy atom. The van der Waals surface area contributed by atoms with E-state index in [0.717, 1.165) is 27.7 Å². The molecule has 0 aliphatic rings. The van der Waals surface area contributed by atoms with Gasteiger partial charge in [-0.15, -0.1) is 11.3 Å². The van der Waals surface area contributed by atoms with Crippen LogP contribution in [0.3, 0.4) is 0 Å². The molecule has 0 saturated carbocycles. The molecule has 1 amide bonds. The van der Waals surface area contributed by atoms with Gasteiger partial charge in [0, 0.05) is 23.9 Å². The SMILES string of the molecule is Cc1nc(CCNC(=O)c2cc(-c3ccccc3)nc3c2cnn3Cc2ccco2)cs1. The zero-order chi connectivity index (χ0) is 21.9. The fraction of sp³-hybridized carbons (Fsp3) is 0.167. The lowest BCUT2D eigenvalue weighted by molar-refractivity contribution is 0.0955. The number of hydrogen-bond acceptors (Lipinski definition) is 6. The number of thiazole rings is 1. The predicted octanol–water partition coefficient (Wildman–Crippen LogP) is 4.48. The Kier molecular flexibility index (Phi) is 5.51. The van der Waals surface area contributed by atoms with Crippen LogP contribution in [0.15, 0.2) is 70.8 Å². The third-order valence-electron chi connectivity index (χ3n) is 5.14. The number of nitrogens with one attached hydrogen (secondary N) is 1. The number of rotatable bonds is 7. The molecule has 0 fully saturated rings. The van der Waals surface area contributed by atoms with E-state index in [-0.39, 0.29) is 5.91 Å². The minimum atomic E-state index is -0.154. The number of amides is 1. The summed E-state index contributed by atoms with van der Waals surface area (Å²) in [4.78, 5) is 22.4. The van der Waals surface area contributed by atoms with Gasteiger partial charge in [0.15, 0.2) is 5.65 Å². The van der Waals surface area contributed by atoms with E-state index in [9.17, 15) is 4.79 Å². The number of benzene rings is 1. The first-order valence-corrected chi connectivity index (χ1v) is 11.2. The van der Waals surface area contributed by atoms with Crippen LogP contribution in [0.25, 0.3) is 22.3 Å². The number of aryl methyl sites for hydroxylation is 1. The second kappa shape index (κ2) is 8.76. The molecule has 0 radical (unpaired) electrons. The summed E-state index contributed by atoms with van der Waals surface area (Å²) in [5, 5.41) is 11.3. The Morgan fingerprint density at radius 1 is 1.16 bits per heavy atom. The number of aromatic nitrogens is 4. The van der Waals surface area contributed by atoms with Crippen molar-refractivity contribution in [2.24, 2.45) is 0 Å². The summed E-state index contributed by atoms with van der Waals surface area (Å²) in [5.41, 5.74) is 3.84. The maximum atomic E-state index is 13.2. The van der Waals surface area contributed by atoms with Crippen molar-refractivity contribution in [3.05, 3.63) is 88.4 Å². The average molecular weight is 444 g/mol. The fourth-order valence-electron chi connectivity index (χ4n) is 3.58. The van der Waals surface area contributed by atoms with Gasteiger partial charge in [-0.3, -0.25) is 4.79 Å². The number of carbonyl (C=O) groups excluding carboxylic acids is 1. The van der Waals surface area contributed by atoms with Gasteiger partial charge >= 0.3 is 0 Å². The van der Waals surface area contributed by atoms with Gasteiger partial charge in [0.25, 0.3) is 5.91 Å². The number of furan rings is 1. The highest BCUT2D eigenvalue weighted by Crippen LogP contribution is 2.25. The Bertz CT molecular complexity index is 1360. The molecular weight excluding hydrogens is 422 g/mol. The molecule has 0 aliphatic heterocycles. The monoisotopic (exact) mass is 443 g/mol. The minimum absolute atomic E-state index is 0.154. The van der Waals surface area contributed by atoms with Crippen LogP contribution in [0.5, 0.6) is 0 Å². The summed E-state index contributed by atoms with van der Waals surface area (Å²) in [5.74, 6) is 0.616. The van der Waals surface area contributed by atoms with Crippen molar-refractivity contribution >= 4 is 28.3 Å². The molecule has 4 aromatic heterocycles. The Balaban J connectivity index is 1.48. The molecule has 5 aromatic rings. The topological polar surface area (TPSA) is 85.8 Å². The van der Waals surface area contributed by atoms with Crippen LogP contribution in [0.4, 0.5) is 0 Å². The van der Waals surface area contributed by atoms with Crippen LogP contribution in [0, 0.1) is 6.92 Å². The smallest absolute Gasteiger partial charge is 0.252 e. The lowest BCUT2D eigenvalue weighted by atomic mass is 10.1. The summed E-state index contributed by atoms with van der Waals surface area (Å²) >= 11 is 1.61. The van der Waals surface area contributed by atoms with Gasteiger partial charge in [-0.25, -0.2) is 14.6 Å². The zero-order valence-corrected chi connectivity index (χ0v) is 18.3. The van der Waals surface area contributed by atoms with Gasteiger partial charge in [-0.1, -0.05) is 30.3 Å². The second-order valence-electron chi connectivity index (χ2n) is 7.40. The van der Waals surface area contributed by atoms with E-state index in [1.807, 2.05) is 60.8 Å². The summed E-state index contributed by atoms with van der Waals surface area (Å²) in [6, 6.07) is 15.4. The largest absolute Gasteiger partial charge is 0.467 e. The standard InChI is InChI=1S/C24H21N5O2S/c1-16-27-18(15-32-16)9-10-25-24(30)20-12-22(17-6-3-2-4-7-17)28-23-21(20)13-26-29(23)14-19-8-5-11-31-19/h2-8,11-13,15H,9-10,14H2,1H3,(H,25,30). The van der Waals surface area contributed by atoms with Crippen molar-refractivity contribution in [1.82, 2.24) is 25.1 Å². The van der Waals surface area contributed by atoms with E-state index in [4.69, 9.17) is 9.40 Å². The third kappa shape index (κ3) is 4.17. The van der Waals surface area contributed by atoms with Gasteiger partial charge in [-0.05, 0) is 25.1 Å². The molecule has 7 nitrogen and oxygen atoms in total. The van der Waals surface area contributed by atoms with Gasteiger partial charge in [0.1, 0.15) is 12.3 Å². The maximum Gasteiger partial charge on any atom is 0.252 e. The highest BCUT2D eigenvalue weighted by atomic mass is 32.1. The molecule has 160 valence electrons. The molecule has 0 bridgehead atoms. The fourth-order valence-corrected chi connectivity index (χ4v) is 4.23. The number of fused-ring (bicyclic) bond motifs is 1. The third-order valence-corrected chi connectivity index (χ3v) is 5.96. The summed E-state index contributed by atoms with van der Waals surface area (Å²) < 4.78 is 7.23. The number of pyridine rings is 1. The quantitative estimate of drug-likeness (QED) is 0.401.